The normalized spacial score (nSPS) is 11.2. The predicted octanol–water partition coefficient (Wildman–Crippen LogP) is 3.82. The summed E-state index contributed by atoms with van der Waals surface area (Å²) >= 11 is 1.45. The Morgan fingerprint density at radius 3 is 2.28 bits per heavy atom. The maximum absolute atomic E-state index is 12.1. The molecule has 6 heteroatoms. The van der Waals surface area contributed by atoms with Crippen LogP contribution in [0.5, 0.6) is 0 Å². The SMILES string of the molecule is Cc1nc(NC(=O)CCNC(=O)c2ccc(C(C)(C)C)cc2)sc1C. The summed E-state index contributed by atoms with van der Waals surface area (Å²) in [6, 6.07) is 7.57. The number of rotatable bonds is 5. The van der Waals surface area contributed by atoms with Crippen LogP contribution in [0.15, 0.2) is 24.3 Å². The molecular formula is C19H25N3O2S. The minimum Gasteiger partial charge on any atom is -0.352 e. The van der Waals surface area contributed by atoms with Crippen molar-refractivity contribution >= 4 is 28.3 Å². The van der Waals surface area contributed by atoms with Gasteiger partial charge in [0.2, 0.25) is 5.91 Å². The number of amides is 2. The third-order valence-corrected chi connectivity index (χ3v) is 4.91. The minimum absolute atomic E-state index is 0.0552. The van der Waals surface area contributed by atoms with Crippen molar-refractivity contribution < 1.29 is 9.59 Å². The van der Waals surface area contributed by atoms with E-state index in [-0.39, 0.29) is 30.2 Å². The van der Waals surface area contributed by atoms with E-state index in [1.165, 1.54) is 16.9 Å². The van der Waals surface area contributed by atoms with Crippen LogP contribution in [-0.4, -0.2) is 23.3 Å². The second-order valence-electron chi connectivity index (χ2n) is 7.04. The Labute approximate surface area is 152 Å². The highest BCUT2D eigenvalue weighted by atomic mass is 32.1. The fourth-order valence-electron chi connectivity index (χ4n) is 2.22. The second kappa shape index (κ2) is 7.78. The van der Waals surface area contributed by atoms with E-state index in [0.717, 1.165) is 10.6 Å². The number of carbonyl (C=O) groups is 2. The molecule has 0 spiro atoms. The molecule has 2 amide bonds. The van der Waals surface area contributed by atoms with Crippen molar-refractivity contribution in [3.8, 4) is 0 Å². The van der Waals surface area contributed by atoms with E-state index in [1.807, 2.05) is 38.1 Å². The van der Waals surface area contributed by atoms with Gasteiger partial charge in [-0.1, -0.05) is 32.9 Å². The van der Waals surface area contributed by atoms with Crippen molar-refractivity contribution in [3.63, 3.8) is 0 Å². The fourth-order valence-corrected chi connectivity index (χ4v) is 3.05. The van der Waals surface area contributed by atoms with Crippen LogP contribution < -0.4 is 10.6 Å². The van der Waals surface area contributed by atoms with Gasteiger partial charge in [-0.25, -0.2) is 4.98 Å². The Morgan fingerprint density at radius 1 is 1.12 bits per heavy atom. The topological polar surface area (TPSA) is 71.1 Å². The third-order valence-electron chi connectivity index (χ3n) is 3.93. The second-order valence-corrected chi connectivity index (χ2v) is 8.25. The smallest absolute Gasteiger partial charge is 0.251 e. The number of carbonyl (C=O) groups excluding carboxylic acids is 2. The minimum atomic E-state index is -0.172. The first-order valence-corrected chi connectivity index (χ1v) is 9.11. The zero-order valence-corrected chi connectivity index (χ0v) is 16.2. The lowest BCUT2D eigenvalue weighted by Crippen LogP contribution is -2.27. The highest BCUT2D eigenvalue weighted by Gasteiger charge is 2.14. The molecule has 0 aliphatic rings. The first kappa shape index (κ1) is 19.1. The Balaban J connectivity index is 1.80. The summed E-state index contributed by atoms with van der Waals surface area (Å²) in [5.74, 6) is -0.327. The Morgan fingerprint density at radius 2 is 1.76 bits per heavy atom. The molecule has 0 fully saturated rings. The van der Waals surface area contributed by atoms with E-state index in [2.05, 4.69) is 36.4 Å². The van der Waals surface area contributed by atoms with Crippen LogP contribution in [0.25, 0.3) is 0 Å². The predicted molar refractivity (Wildman–Crippen MR) is 102 cm³/mol. The van der Waals surface area contributed by atoms with E-state index in [0.29, 0.717) is 10.7 Å². The van der Waals surface area contributed by atoms with Crippen molar-refractivity contribution in [3.05, 3.63) is 46.0 Å². The molecule has 2 aromatic rings. The molecule has 0 aliphatic carbocycles. The first-order chi connectivity index (χ1) is 11.7. The van der Waals surface area contributed by atoms with Gasteiger partial charge < -0.3 is 10.6 Å². The number of benzene rings is 1. The van der Waals surface area contributed by atoms with Crippen LogP contribution in [0.2, 0.25) is 0 Å². The van der Waals surface area contributed by atoms with Gasteiger partial charge in [0.15, 0.2) is 5.13 Å². The molecule has 0 saturated carbocycles. The summed E-state index contributed by atoms with van der Waals surface area (Å²) < 4.78 is 0. The number of thiazole rings is 1. The number of anilines is 1. The standard InChI is InChI=1S/C19H25N3O2S/c1-12-13(2)25-18(21-12)22-16(23)10-11-20-17(24)14-6-8-15(9-7-14)19(3,4)5/h6-9H,10-11H2,1-5H3,(H,20,24)(H,21,22,23). The van der Waals surface area contributed by atoms with Gasteiger partial charge >= 0.3 is 0 Å². The van der Waals surface area contributed by atoms with Crippen molar-refractivity contribution in [1.29, 1.82) is 0 Å². The molecule has 0 saturated heterocycles. The summed E-state index contributed by atoms with van der Waals surface area (Å²) in [7, 11) is 0. The van der Waals surface area contributed by atoms with Gasteiger partial charge in [0, 0.05) is 23.4 Å². The molecule has 1 aromatic carbocycles. The average molecular weight is 359 g/mol. The summed E-state index contributed by atoms with van der Waals surface area (Å²) in [6.07, 6.45) is 0.212. The molecule has 1 heterocycles. The Hall–Kier alpha value is -2.21. The lowest BCUT2D eigenvalue weighted by atomic mass is 9.87. The van der Waals surface area contributed by atoms with Gasteiger partial charge in [0.1, 0.15) is 0 Å². The van der Waals surface area contributed by atoms with Gasteiger partial charge in [0.05, 0.1) is 5.69 Å². The molecule has 0 unspecified atom stereocenters. The van der Waals surface area contributed by atoms with E-state index in [9.17, 15) is 9.59 Å². The quantitative estimate of drug-likeness (QED) is 0.852. The molecule has 0 bridgehead atoms. The molecule has 25 heavy (non-hydrogen) atoms. The fraction of sp³-hybridized carbons (Fsp3) is 0.421. The van der Waals surface area contributed by atoms with Gasteiger partial charge in [-0.15, -0.1) is 11.3 Å². The third kappa shape index (κ3) is 5.39. The number of nitrogens with one attached hydrogen (secondary N) is 2. The molecule has 0 aliphatic heterocycles. The van der Waals surface area contributed by atoms with Crippen LogP contribution >= 0.6 is 11.3 Å². The van der Waals surface area contributed by atoms with E-state index in [1.54, 1.807) is 0 Å². The van der Waals surface area contributed by atoms with Gasteiger partial charge in [-0.2, -0.15) is 0 Å². The molecule has 2 rings (SSSR count). The van der Waals surface area contributed by atoms with Crippen molar-refractivity contribution in [2.75, 3.05) is 11.9 Å². The van der Waals surface area contributed by atoms with Crippen LogP contribution in [0.3, 0.4) is 0 Å². The molecule has 0 atom stereocenters. The van der Waals surface area contributed by atoms with Crippen molar-refractivity contribution in [1.82, 2.24) is 10.3 Å². The van der Waals surface area contributed by atoms with E-state index in [4.69, 9.17) is 0 Å². The van der Waals surface area contributed by atoms with E-state index < -0.39 is 0 Å². The summed E-state index contributed by atoms with van der Waals surface area (Å²) in [5.41, 5.74) is 2.75. The number of hydrogen-bond donors (Lipinski definition) is 2. The summed E-state index contributed by atoms with van der Waals surface area (Å²) in [5, 5.41) is 6.13. The van der Waals surface area contributed by atoms with Crippen LogP contribution in [0, 0.1) is 13.8 Å². The summed E-state index contributed by atoms with van der Waals surface area (Å²) in [4.78, 5) is 29.4. The zero-order valence-electron chi connectivity index (χ0n) is 15.4. The van der Waals surface area contributed by atoms with Crippen molar-refractivity contribution in [2.45, 2.75) is 46.5 Å². The van der Waals surface area contributed by atoms with Gasteiger partial charge in [-0.05, 0) is 37.0 Å². The molecule has 0 radical (unpaired) electrons. The van der Waals surface area contributed by atoms with Crippen molar-refractivity contribution in [2.24, 2.45) is 0 Å². The number of aryl methyl sites for hydroxylation is 2. The monoisotopic (exact) mass is 359 g/mol. The maximum atomic E-state index is 12.1. The average Bonchev–Trinajstić information content (AvgIpc) is 2.84. The lowest BCUT2D eigenvalue weighted by molar-refractivity contribution is -0.116. The maximum Gasteiger partial charge on any atom is 0.251 e. The Kier molecular flexibility index (Phi) is 5.95. The molecule has 1 aromatic heterocycles. The number of aromatic nitrogens is 1. The highest BCUT2D eigenvalue weighted by Crippen LogP contribution is 2.22. The number of hydrogen-bond acceptors (Lipinski definition) is 4. The first-order valence-electron chi connectivity index (χ1n) is 8.29. The lowest BCUT2D eigenvalue weighted by Gasteiger charge is -2.19. The van der Waals surface area contributed by atoms with E-state index >= 15 is 0 Å². The zero-order chi connectivity index (χ0) is 18.6. The Bertz CT molecular complexity index is 738. The summed E-state index contributed by atoms with van der Waals surface area (Å²) in [6.45, 7) is 10.6. The molecule has 2 N–H and O–H groups in total. The van der Waals surface area contributed by atoms with Crippen LogP contribution in [0.4, 0.5) is 5.13 Å². The van der Waals surface area contributed by atoms with Crippen LogP contribution in [-0.2, 0) is 10.2 Å². The number of nitrogens with zero attached hydrogens (tertiary/aromatic N) is 1. The molecular weight excluding hydrogens is 334 g/mol. The van der Waals surface area contributed by atoms with Gasteiger partial charge in [0.25, 0.3) is 5.91 Å². The van der Waals surface area contributed by atoms with Gasteiger partial charge in [-0.3, -0.25) is 9.59 Å². The highest BCUT2D eigenvalue weighted by molar-refractivity contribution is 7.15. The largest absolute Gasteiger partial charge is 0.352 e. The molecule has 134 valence electrons. The van der Waals surface area contributed by atoms with Crippen LogP contribution in [0.1, 0.15) is 53.7 Å². The molecule has 5 nitrogen and oxygen atoms in total.